The number of amides is 1. The van der Waals surface area contributed by atoms with Gasteiger partial charge in [-0.25, -0.2) is 0 Å². The molecule has 0 spiro atoms. The fourth-order valence-corrected chi connectivity index (χ4v) is 2.86. The van der Waals surface area contributed by atoms with E-state index in [-0.39, 0.29) is 25.5 Å². The summed E-state index contributed by atoms with van der Waals surface area (Å²) in [4.78, 5) is 29.8. The number of hydrogen-bond donors (Lipinski definition) is 1. The molecule has 1 amide bonds. The van der Waals surface area contributed by atoms with Gasteiger partial charge in [-0.1, -0.05) is 6.07 Å². The number of ether oxygens (including phenoxy) is 1. The smallest absolute Gasteiger partial charge is 0.313 e. The van der Waals surface area contributed by atoms with E-state index in [0.717, 1.165) is 11.3 Å². The molecule has 1 fully saturated rings. The highest BCUT2D eigenvalue weighted by Crippen LogP contribution is 2.31. The SMILES string of the molecule is COCC1(C(=O)O)CCCN(C(=O)Cc2ccc(C)nc2)C1. The highest BCUT2D eigenvalue weighted by molar-refractivity contribution is 5.81. The molecule has 22 heavy (non-hydrogen) atoms. The molecule has 2 rings (SSSR count). The van der Waals surface area contributed by atoms with Crippen LogP contribution in [0.2, 0.25) is 0 Å². The number of methoxy groups -OCH3 is 1. The Bertz CT molecular complexity index is 540. The van der Waals surface area contributed by atoms with Gasteiger partial charge in [0.1, 0.15) is 5.41 Å². The monoisotopic (exact) mass is 306 g/mol. The standard InChI is InChI=1S/C16H22N2O4/c1-12-4-5-13(9-17-12)8-14(19)18-7-3-6-16(10-18,11-22-2)15(20)21/h4-5,9H,3,6-8,10-11H2,1-2H3,(H,20,21). The van der Waals surface area contributed by atoms with Gasteiger partial charge in [-0.05, 0) is 31.4 Å². The van der Waals surface area contributed by atoms with Crippen LogP contribution < -0.4 is 0 Å². The van der Waals surface area contributed by atoms with Gasteiger partial charge in [-0.2, -0.15) is 0 Å². The lowest BCUT2D eigenvalue weighted by Crippen LogP contribution is -2.52. The van der Waals surface area contributed by atoms with Crippen molar-refractivity contribution in [3.8, 4) is 0 Å². The van der Waals surface area contributed by atoms with Gasteiger partial charge in [-0.15, -0.1) is 0 Å². The molecule has 1 aliphatic rings. The summed E-state index contributed by atoms with van der Waals surface area (Å²) >= 11 is 0. The van der Waals surface area contributed by atoms with E-state index in [1.54, 1.807) is 11.1 Å². The molecule has 6 heteroatoms. The largest absolute Gasteiger partial charge is 0.481 e. The second-order valence-electron chi connectivity index (χ2n) is 5.92. The highest BCUT2D eigenvalue weighted by Gasteiger charge is 2.43. The van der Waals surface area contributed by atoms with Crippen molar-refractivity contribution in [2.45, 2.75) is 26.2 Å². The molecule has 6 nitrogen and oxygen atoms in total. The van der Waals surface area contributed by atoms with Gasteiger partial charge in [0.05, 0.1) is 13.0 Å². The van der Waals surface area contributed by atoms with E-state index < -0.39 is 11.4 Å². The third kappa shape index (κ3) is 3.62. The molecule has 1 N–H and O–H groups in total. The summed E-state index contributed by atoms with van der Waals surface area (Å²) in [5.41, 5.74) is 0.752. The number of nitrogens with zero attached hydrogens (tertiary/aromatic N) is 2. The van der Waals surface area contributed by atoms with Crippen LogP contribution in [-0.4, -0.2) is 53.7 Å². The number of carboxylic acid groups (broad SMARTS) is 1. The Morgan fingerprint density at radius 1 is 1.45 bits per heavy atom. The summed E-state index contributed by atoms with van der Waals surface area (Å²) in [7, 11) is 1.49. The Morgan fingerprint density at radius 3 is 2.82 bits per heavy atom. The molecule has 1 atom stereocenters. The third-order valence-corrected chi connectivity index (χ3v) is 4.13. The van der Waals surface area contributed by atoms with Crippen LogP contribution in [0, 0.1) is 12.3 Å². The number of aliphatic carboxylic acids is 1. The maximum atomic E-state index is 12.4. The molecule has 1 aromatic rings. The number of hydrogen-bond acceptors (Lipinski definition) is 4. The molecule has 1 unspecified atom stereocenters. The van der Waals surface area contributed by atoms with E-state index in [1.165, 1.54) is 7.11 Å². The van der Waals surface area contributed by atoms with Crippen molar-refractivity contribution in [3.63, 3.8) is 0 Å². The zero-order valence-corrected chi connectivity index (χ0v) is 13.0. The fourth-order valence-electron chi connectivity index (χ4n) is 2.86. The maximum absolute atomic E-state index is 12.4. The Hall–Kier alpha value is -1.95. The van der Waals surface area contributed by atoms with E-state index in [1.807, 2.05) is 19.1 Å². The number of carbonyl (C=O) groups excluding carboxylic acids is 1. The van der Waals surface area contributed by atoms with Gasteiger partial charge in [0.15, 0.2) is 0 Å². The molecule has 0 saturated carbocycles. The summed E-state index contributed by atoms with van der Waals surface area (Å²) in [6.45, 7) is 2.81. The van der Waals surface area contributed by atoms with Crippen molar-refractivity contribution in [1.82, 2.24) is 9.88 Å². The first-order valence-electron chi connectivity index (χ1n) is 7.38. The first kappa shape index (κ1) is 16.4. The van der Waals surface area contributed by atoms with Crippen molar-refractivity contribution < 1.29 is 19.4 Å². The molecule has 0 bridgehead atoms. The molecule has 0 aromatic carbocycles. The van der Waals surface area contributed by atoms with Crippen molar-refractivity contribution in [2.24, 2.45) is 5.41 Å². The molecule has 0 aliphatic carbocycles. The van der Waals surface area contributed by atoms with E-state index >= 15 is 0 Å². The van der Waals surface area contributed by atoms with Gasteiger partial charge in [0, 0.05) is 32.1 Å². The van der Waals surface area contributed by atoms with Gasteiger partial charge in [0.25, 0.3) is 0 Å². The molecular formula is C16H22N2O4. The van der Waals surface area contributed by atoms with E-state index in [9.17, 15) is 14.7 Å². The number of aromatic nitrogens is 1. The van der Waals surface area contributed by atoms with Crippen LogP contribution in [-0.2, 0) is 20.7 Å². The molecule has 1 aliphatic heterocycles. The Morgan fingerprint density at radius 2 is 2.23 bits per heavy atom. The first-order valence-corrected chi connectivity index (χ1v) is 7.38. The van der Waals surface area contributed by atoms with Crippen LogP contribution in [0.5, 0.6) is 0 Å². The predicted molar refractivity (Wildman–Crippen MR) is 80.4 cm³/mol. The van der Waals surface area contributed by atoms with Crippen molar-refractivity contribution in [1.29, 1.82) is 0 Å². The summed E-state index contributed by atoms with van der Waals surface area (Å²) in [6, 6.07) is 3.75. The predicted octanol–water partition coefficient (Wildman–Crippen LogP) is 1.27. The van der Waals surface area contributed by atoms with Gasteiger partial charge < -0.3 is 14.7 Å². The normalized spacial score (nSPS) is 21.6. The van der Waals surface area contributed by atoms with Crippen LogP contribution in [0.15, 0.2) is 18.3 Å². The van der Waals surface area contributed by atoms with E-state index in [2.05, 4.69) is 4.98 Å². The lowest BCUT2D eigenvalue weighted by atomic mass is 9.80. The number of rotatable bonds is 5. The number of pyridine rings is 1. The number of piperidine rings is 1. The van der Waals surface area contributed by atoms with E-state index in [4.69, 9.17) is 4.74 Å². The summed E-state index contributed by atoms with van der Waals surface area (Å²) in [5.74, 6) is -0.962. The van der Waals surface area contributed by atoms with Crippen LogP contribution in [0.1, 0.15) is 24.1 Å². The van der Waals surface area contributed by atoms with Crippen molar-refractivity contribution >= 4 is 11.9 Å². The third-order valence-electron chi connectivity index (χ3n) is 4.13. The molecule has 2 heterocycles. The Balaban J connectivity index is 2.06. The quantitative estimate of drug-likeness (QED) is 0.886. The zero-order chi connectivity index (χ0) is 16.2. The lowest BCUT2D eigenvalue weighted by molar-refractivity contribution is -0.159. The minimum absolute atomic E-state index is 0.0629. The fraction of sp³-hybridized carbons (Fsp3) is 0.562. The van der Waals surface area contributed by atoms with E-state index in [0.29, 0.717) is 19.4 Å². The van der Waals surface area contributed by atoms with Gasteiger partial charge in [-0.3, -0.25) is 14.6 Å². The van der Waals surface area contributed by atoms with Crippen molar-refractivity contribution in [3.05, 3.63) is 29.6 Å². The summed E-state index contributed by atoms with van der Waals surface area (Å²) in [5, 5.41) is 9.51. The second kappa shape index (κ2) is 6.87. The Kier molecular flexibility index (Phi) is 5.13. The van der Waals surface area contributed by atoms with Crippen molar-refractivity contribution in [2.75, 3.05) is 26.8 Å². The summed E-state index contributed by atoms with van der Waals surface area (Å²) < 4.78 is 5.08. The maximum Gasteiger partial charge on any atom is 0.313 e. The summed E-state index contributed by atoms with van der Waals surface area (Å²) in [6.07, 6.45) is 3.15. The van der Waals surface area contributed by atoms with Crippen LogP contribution in [0.3, 0.4) is 0 Å². The average molecular weight is 306 g/mol. The van der Waals surface area contributed by atoms with Gasteiger partial charge in [0.2, 0.25) is 5.91 Å². The lowest BCUT2D eigenvalue weighted by Gasteiger charge is -2.39. The highest BCUT2D eigenvalue weighted by atomic mass is 16.5. The number of carbonyl (C=O) groups is 2. The number of carboxylic acids is 1. The Labute approximate surface area is 130 Å². The average Bonchev–Trinajstić information content (AvgIpc) is 2.50. The second-order valence-corrected chi connectivity index (χ2v) is 5.92. The number of likely N-dealkylation sites (tertiary alicyclic amines) is 1. The zero-order valence-electron chi connectivity index (χ0n) is 13.0. The minimum atomic E-state index is -0.992. The van der Waals surface area contributed by atoms with Crippen LogP contribution in [0.4, 0.5) is 0 Å². The molecule has 120 valence electrons. The first-order chi connectivity index (χ1) is 10.5. The number of aryl methyl sites for hydroxylation is 1. The molecule has 0 radical (unpaired) electrons. The van der Waals surface area contributed by atoms with Crippen LogP contribution >= 0.6 is 0 Å². The minimum Gasteiger partial charge on any atom is -0.481 e. The van der Waals surface area contributed by atoms with Gasteiger partial charge >= 0.3 is 5.97 Å². The van der Waals surface area contributed by atoms with Crippen LogP contribution in [0.25, 0.3) is 0 Å². The molecule has 1 saturated heterocycles. The molecular weight excluding hydrogens is 284 g/mol. The topological polar surface area (TPSA) is 79.7 Å². The molecule has 1 aromatic heterocycles.